The minimum absolute atomic E-state index is 0.151. The molecule has 0 fully saturated rings. The average Bonchev–Trinajstić information content (AvgIpc) is 2.53. The second-order valence-corrected chi connectivity index (χ2v) is 5.50. The van der Waals surface area contributed by atoms with Crippen LogP contribution >= 0.6 is 0 Å². The number of allylic oxidation sites excluding steroid dienone is 2. The molecule has 0 amide bonds. The molecule has 3 nitrogen and oxygen atoms in total. The fourth-order valence-electron chi connectivity index (χ4n) is 2.13. The van der Waals surface area contributed by atoms with E-state index < -0.39 is 0 Å². The van der Waals surface area contributed by atoms with Crippen LogP contribution in [0.25, 0.3) is 0 Å². The third kappa shape index (κ3) is 8.50. The average molecular weight is 304 g/mol. The quantitative estimate of drug-likeness (QED) is 0.345. The largest absolute Gasteiger partial charge is 0.508 e. The summed E-state index contributed by atoms with van der Waals surface area (Å²) in [6.45, 7) is 2.67. The van der Waals surface area contributed by atoms with Gasteiger partial charge in [-0.25, -0.2) is 4.79 Å². The number of esters is 1. The van der Waals surface area contributed by atoms with Gasteiger partial charge in [0.25, 0.3) is 0 Å². The van der Waals surface area contributed by atoms with E-state index in [1.807, 2.05) is 0 Å². The molecule has 0 aliphatic heterocycles. The molecule has 1 aromatic rings. The first kappa shape index (κ1) is 18.3. The molecule has 0 aliphatic rings. The van der Waals surface area contributed by atoms with Gasteiger partial charge >= 0.3 is 5.97 Å². The van der Waals surface area contributed by atoms with E-state index >= 15 is 0 Å². The van der Waals surface area contributed by atoms with Crippen molar-refractivity contribution in [1.82, 2.24) is 0 Å². The maximum Gasteiger partial charge on any atom is 0.338 e. The monoisotopic (exact) mass is 304 g/mol. The highest BCUT2D eigenvalue weighted by Gasteiger charge is 2.05. The molecule has 0 saturated carbocycles. The maximum atomic E-state index is 11.7. The predicted molar refractivity (Wildman–Crippen MR) is 90.1 cm³/mol. The van der Waals surface area contributed by atoms with Gasteiger partial charge in [0.05, 0.1) is 12.2 Å². The van der Waals surface area contributed by atoms with Crippen molar-refractivity contribution in [3.05, 3.63) is 42.0 Å². The highest BCUT2D eigenvalue weighted by atomic mass is 16.5. The van der Waals surface area contributed by atoms with E-state index in [0.29, 0.717) is 12.2 Å². The van der Waals surface area contributed by atoms with E-state index in [4.69, 9.17) is 9.84 Å². The lowest BCUT2D eigenvalue weighted by Crippen LogP contribution is -2.06. The van der Waals surface area contributed by atoms with Gasteiger partial charge in [0, 0.05) is 0 Å². The van der Waals surface area contributed by atoms with E-state index in [-0.39, 0.29) is 11.7 Å². The topological polar surface area (TPSA) is 46.5 Å². The molecule has 3 heteroatoms. The van der Waals surface area contributed by atoms with E-state index in [2.05, 4.69) is 19.1 Å². The summed E-state index contributed by atoms with van der Waals surface area (Å²) < 4.78 is 5.20. The summed E-state index contributed by atoms with van der Waals surface area (Å²) in [5.41, 5.74) is 0.477. The first-order valence-electron chi connectivity index (χ1n) is 8.35. The fourth-order valence-corrected chi connectivity index (χ4v) is 2.13. The molecule has 1 rings (SSSR count). The van der Waals surface area contributed by atoms with Gasteiger partial charge in [-0.3, -0.25) is 0 Å². The lowest BCUT2D eigenvalue weighted by atomic mass is 10.1. The van der Waals surface area contributed by atoms with Crippen molar-refractivity contribution < 1.29 is 14.6 Å². The summed E-state index contributed by atoms with van der Waals surface area (Å²) in [6, 6.07) is 6.11. The molecule has 0 heterocycles. The van der Waals surface area contributed by atoms with Gasteiger partial charge in [0.1, 0.15) is 5.75 Å². The van der Waals surface area contributed by atoms with Crippen LogP contribution in [0.15, 0.2) is 36.4 Å². The third-order valence-corrected chi connectivity index (χ3v) is 3.49. The van der Waals surface area contributed by atoms with E-state index in [9.17, 15) is 4.79 Å². The van der Waals surface area contributed by atoms with Crippen LogP contribution < -0.4 is 0 Å². The van der Waals surface area contributed by atoms with Crippen molar-refractivity contribution in [2.24, 2.45) is 0 Å². The van der Waals surface area contributed by atoms with Crippen molar-refractivity contribution >= 4 is 5.97 Å². The van der Waals surface area contributed by atoms with Gasteiger partial charge in [0.2, 0.25) is 0 Å². The van der Waals surface area contributed by atoms with E-state index in [1.165, 1.54) is 44.2 Å². The molecule has 0 radical (unpaired) electrons. The third-order valence-electron chi connectivity index (χ3n) is 3.49. The summed E-state index contributed by atoms with van der Waals surface area (Å²) >= 11 is 0. The fraction of sp³-hybridized carbons (Fsp3) is 0.526. The highest BCUT2D eigenvalue weighted by Crippen LogP contribution is 2.11. The Labute approximate surface area is 134 Å². The standard InChI is InChI=1S/C19H28O3/c1-2-3-4-5-6-7-8-9-10-11-16-22-19(21)17-12-14-18(20)15-13-17/h7-8,12-15,20H,2-6,9-11,16H2,1H3/b8-7+. The van der Waals surface area contributed by atoms with Gasteiger partial charge in [-0.05, 0) is 56.4 Å². The summed E-state index contributed by atoms with van der Waals surface area (Å²) in [4.78, 5) is 11.7. The minimum atomic E-state index is -0.327. The van der Waals surface area contributed by atoms with Crippen molar-refractivity contribution in [3.63, 3.8) is 0 Å². The molecule has 22 heavy (non-hydrogen) atoms. The molecule has 0 unspecified atom stereocenters. The van der Waals surface area contributed by atoms with Gasteiger partial charge in [-0.1, -0.05) is 38.3 Å². The summed E-state index contributed by atoms with van der Waals surface area (Å²) in [6.07, 6.45) is 13.9. The Bertz CT molecular complexity index is 434. The number of hydrogen-bond donors (Lipinski definition) is 1. The number of rotatable bonds is 11. The van der Waals surface area contributed by atoms with Crippen LogP contribution in [0.3, 0.4) is 0 Å². The van der Waals surface area contributed by atoms with Gasteiger partial charge in [-0.15, -0.1) is 0 Å². The summed E-state index contributed by atoms with van der Waals surface area (Å²) in [5, 5.41) is 9.16. The van der Waals surface area contributed by atoms with Crippen molar-refractivity contribution in [3.8, 4) is 5.75 Å². The molecule has 0 spiro atoms. The number of aromatic hydroxyl groups is 1. The molecule has 0 saturated heterocycles. The lowest BCUT2D eigenvalue weighted by molar-refractivity contribution is 0.0498. The Morgan fingerprint density at radius 3 is 2.27 bits per heavy atom. The van der Waals surface area contributed by atoms with Crippen LogP contribution in [0.4, 0.5) is 0 Å². The summed E-state index contributed by atoms with van der Waals surface area (Å²) in [7, 11) is 0. The molecule has 0 aliphatic carbocycles. The minimum Gasteiger partial charge on any atom is -0.508 e. The van der Waals surface area contributed by atoms with Crippen LogP contribution in [-0.4, -0.2) is 17.7 Å². The Morgan fingerprint density at radius 2 is 1.64 bits per heavy atom. The number of carbonyl (C=O) groups excluding carboxylic acids is 1. The maximum absolute atomic E-state index is 11.7. The molecule has 0 atom stereocenters. The second-order valence-electron chi connectivity index (χ2n) is 5.50. The number of hydrogen-bond acceptors (Lipinski definition) is 3. The number of phenols is 1. The molecule has 1 aromatic carbocycles. The molecular formula is C19H28O3. The van der Waals surface area contributed by atoms with Gasteiger partial charge < -0.3 is 9.84 Å². The lowest BCUT2D eigenvalue weighted by Gasteiger charge is -2.04. The smallest absolute Gasteiger partial charge is 0.338 e. The van der Waals surface area contributed by atoms with Crippen molar-refractivity contribution in [1.29, 1.82) is 0 Å². The summed E-state index contributed by atoms with van der Waals surface area (Å²) in [5.74, 6) is -0.176. The number of benzene rings is 1. The van der Waals surface area contributed by atoms with Crippen LogP contribution in [0, 0.1) is 0 Å². The molecular weight excluding hydrogens is 276 g/mol. The Kier molecular flexibility index (Phi) is 9.84. The van der Waals surface area contributed by atoms with Crippen molar-refractivity contribution in [2.45, 2.75) is 58.3 Å². The van der Waals surface area contributed by atoms with E-state index in [1.54, 1.807) is 12.1 Å². The Morgan fingerprint density at radius 1 is 1.00 bits per heavy atom. The van der Waals surface area contributed by atoms with Crippen LogP contribution in [0.1, 0.15) is 68.6 Å². The molecule has 0 bridgehead atoms. The normalized spacial score (nSPS) is 11.0. The number of phenolic OH excluding ortho intramolecular Hbond substituents is 1. The highest BCUT2D eigenvalue weighted by molar-refractivity contribution is 5.89. The number of unbranched alkanes of at least 4 members (excludes halogenated alkanes) is 6. The number of carbonyl (C=O) groups is 1. The van der Waals surface area contributed by atoms with Crippen LogP contribution in [-0.2, 0) is 4.74 Å². The molecule has 0 aromatic heterocycles. The SMILES string of the molecule is CCCCCC/C=C/CCCCOC(=O)c1ccc(O)cc1. The zero-order valence-corrected chi connectivity index (χ0v) is 13.6. The predicted octanol–water partition coefficient (Wildman–Crippen LogP) is 5.25. The first-order valence-corrected chi connectivity index (χ1v) is 8.35. The first-order chi connectivity index (χ1) is 10.7. The molecule has 122 valence electrons. The van der Waals surface area contributed by atoms with Crippen LogP contribution in [0.2, 0.25) is 0 Å². The van der Waals surface area contributed by atoms with Gasteiger partial charge in [-0.2, -0.15) is 0 Å². The number of ether oxygens (including phenoxy) is 1. The molecule has 1 N–H and O–H groups in total. The van der Waals surface area contributed by atoms with Crippen LogP contribution in [0.5, 0.6) is 5.75 Å². The zero-order chi connectivity index (χ0) is 16.0. The second kappa shape index (κ2) is 11.8. The van der Waals surface area contributed by atoms with E-state index in [0.717, 1.165) is 19.3 Å². The van der Waals surface area contributed by atoms with Gasteiger partial charge in [0.15, 0.2) is 0 Å². The van der Waals surface area contributed by atoms with Crippen molar-refractivity contribution in [2.75, 3.05) is 6.61 Å². The Balaban J connectivity index is 2.00. The Hall–Kier alpha value is -1.77. The zero-order valence-electron chi connectivity index (χ0n) is 13.6.